The van der Waals surface area contributed by atoms with Gasteiger partial charge in [-0.05, 0) is 37.1 Å². The number of H-pyrrole nitrogens is 1. The van der Waals surface area contributed by atoms with Crippen LogP contribution in [-0.2, 0) is 12.8 Å². The Hall–Kier alpha value is -1.97. The van der Waals surface area contributed by atoms with Gasteiger partial charge in [-0.1, -0.05) is 13.8 Å². The molecule has 1 aromatic heterocycles. The zero-order chi connectivity index (χ0) is 13.1. The van der Waals surface area contributed by atoms with Gasteiger partial charge in [0.1, 0.15) is 5.75 Å². The van der Waals surface area contributed by atoms with Gasteiger partial charge in [0.15, 0.2) is 0 Å². The van der Waals surface area contributed by atoms with Crippen LogP contribution in [0.2, 0.25) is 0 Å². The summed E-state index contributed by atoms with van der Waals surface area (Å²) < 4.78 is 6.99. The maximum absolute atomic E-state index is 11.8. The molecule has 0 aliphatic carbocycles. The van der Waals surface area contributed by atoms with Gasteiger partial charge < -0.3 is 4.74 Å². The minimum atomic E-state index is 0.00479. The number of benzene rings is 1. The van der Waals surface area contributed by atoms with Gasteiger partial charge in [0, 0.05) is 11.3 Å². The first-order valence-corrected chi connectivity index (χ1v) is 6.18. The Bertz CT molecular complexity index is 579. The predicted octanol–water partition coefficient (Wildman–Crippen LogP) is 2.30. The minimum Gasteiger partial charge on any atom is -0.497 e. The highest BCUT2D eigenvalue weighted by Crippen LogP contribution is 2.17. The molecule has 18 heavy (non-hydrogen) atoms. The second kappa shape index (κ2) is 5.12. The Morgan fingerprint density at radius 1 is 1.17 bits per heavy atom. The zero-order valence-corrected chi connectivity index (χ0v) is 11.0. The highest BCUT2D eigenvalue weighted by atomic mass is 16.5. The summed E-state index contributed by atoms with van der Waals surface area (Å²) in [6.45, 7) is 4.06. The standard InChI is InChI=1S/C14H18N2O2/c1-4-12-13(5-2)16(15-14(12)17)10-6-8-11(18-3)9-7-10/h6-9H,4-5H2,1-3H3,(H,15,17). The minimum absolute atomic E-state index is 0.00479. The first kappa shape index (κ1) is 12.5. The average Bonchev–Trinajstić information content (AvgIpc) is 2.74. The summed E-state index contributed by atoms with van der Waals surface area (Å²) in [6, 6.07) is 7.65. The van der Waals surface area contributed by atoms with Crippen molar-refractivity contribution in [2.24, 2.45) is 0 Å². The number of aromatic amines is 1. The lowest BCUT2D eigenvalue weighted by atomic mass is 10.1. The predicted molar refractivity (Wildman–Crippen MR) is 71.7 cm³/mol. The van der Waals surface area contributed by atoms with Crippen LogP contribution < -0.4 is 10.3 Å². The van der Waals surface area contributed by atoms with Crippen LogP contribution in [-0.4, -0.2) is 16.9 Å². The normalized spacial score (nSPS) is 10.6. The smallest absolute Gasteiger partial charge is 0.267 e. The number of hydrogen-bond acceptors (Lipinski definition) is 2. The van der Waals surface area contributed by atoms with Crippen molar-refractivity contribution >= 4 is 0 Å². The van der Waals surface area contributed by atoms with E-state index < -0.39 is 0 Å². The van der Waals surface area contributed by atoms with Crippen molar-refractivity contribution in [3.63, 3.8) is 0 Å². The molecular weight excluding hydrogens is 228 g/mol. The molecule has 0 saturated heterocycles. The maximum Gasteiger partial charge on any atom is 0.267 e. The van der Waals surface area contributed by atoms with Crippen molar-refractivity contribution in [1.29, 1.82) is 0 Å². The van der Waals surface area contributed by atoms with Crippen molar-refractivity contribution in [2.75, 3.05) is 7.11 Å². The van der Waals surface area contributed by atoms with Gasteiger partial charge in [-0.15, -0.1) is 0 Å². The summed E-state index contributed by atoms with van der Waals surface area (Å²) >= 11 is 0. The number of nitrogens with zero attached hydrogens (tertiary/aromatic N) is 1. The Morgan fingerprint density at radius 2 is 1.83 bits per heavy atom. The number of nitrogens with one attached hydrogen (secondary N) is 1. The molecule has 1 aromatic carbocycles. The lowest BCUT2D eigenvalue weighted by Crippen LogP contribution is -2.06. The van der Waals surface area contributed by atoms with Gasteiger partial charge >= 0.3 is 0 Å². The number of methoxy groups -OCH3 is 1. The van der Waals surface area contributed by atoms with Crippen LogP contribution in [0.25, 0.3) is 5.69 Å². The van der Waals surface area contributed by atoms with E-state index in [1.54, 1.807) is 7.11 Å². The highest BCUT2D eigenvalue weighted by molar-refractivity contribution is 5.39. The molecular formula is C14H18N2O2. The quantitative estimate of drug-likeness (QED) is 0.899. The maximum atomic E-state index is 11.8. The molecule has 1 heterocycles. The molecule has 4 nitrogen and oxygen atoms in total. The molecule has 0 bridgehead atoms. The summed E-state index contributed by atoms with van der Waals surface area (Å²) in [5.74, 6) is 0.807. The molecule has 0 unspecified atom stereocenters. The third-order valence-corrected chi connectivity index (χ3v) is 3.12. The van der Waals surface area contributed by atoms with E-state index in [2.05, 4.69) is 12.0 Å². The van der Waals surface area contributed by atoms with Crippen LogP contribution >= 0.6 is 0 Å². The Balaban J connectivity index is 2.52. The van der Waals surface area contributed by atoms with E-state index in [9.17, 15) is 4.79 Å². The van der Waals surface area contributed by atoms with Crippen molar-refractivity contribution in [2.45, 2.75) is 26.7 Å². The third-order valence-electron chi connectivity index (χ3n) is 3.12. The van der Waals surface area contributed by atoms with E-state index in [1.165, 1.54) is 0 Å². The molecule has 0 amide bonds. The van der Waals surface area contributed by atoms with Crippen molar-refractivity contribution in [1.82, 2.24) is 9.78 Å². The fourth-order valence-corrected chi connectivity index (χ4v) is 2.19. The number of rotatable bonds is 4. The van der Waals surface area contributed by atoms with E-state index in [1.807, 2.05) is 35.9 Å². The van der Waals surface area contributed by atoms with Crippen LogP contribution in [0, 0.1) is 0 Å². The molecule has 0 saturated carbocycles. The van der Waals surface area contributed by atoms with E-state index in [0.29, 0.717) is 0 Å². The molecule has 0 atom stereocenters. The SMILES string of the molecule is CCc1c(CC)n(-c2ccc(OC)cc2)[nH]c1=O. The summed E-state index contributed by atoms with van der Waals surface area (Å²) in [7, 11) is 1.64. The Labute approximate surface area is 106 Å². The molecule has 0 fully saturated rings. The number of aromatic nitrogens is 2. The van der Waals surface area contributed by atoms with E-state index in [0.717, 1.165) is 35.5 Å². The molecule has 0 spiro atoms. The summed E-state index contributed by atoms with van der Waals surface area (Å²) in [4.78, 5) is 11.8. The third kappa shape index (κ3) is 2.06. The average molecular weight is 246 g/mol. The largest absolute Gasteiger partial charge is 0.497 e. The van der Waals surface area contributed by atoms with Gasteiger partial charge in [0.25, 0.3) is 5.56 Å². The van der Waals surface area contributed by atoms with Crippen molar-refractivity contribution < 1.29 is 4.74 Å². The fourth-order valence-electron chi connectivity index (χ4n) is 2.19. The van der Waals surface area contributed by atoms with Crippen molar-refractivity contribution in [3.05, 3.63) is 45.9 Å². The molecule has 96 valence electrons. The molecule has 0 aliphatic rings. The molecule has 1 N–H and O–H groups in total. The molecule has 0 aliphatic heterocycles. The van der Waals surface area contributed by atoms with Crippen molar-refractivity contribution in [3.8, 4) is 11.4 Å². The van der Waals surface area contributed by atoms with Crippen LogP contribution in [0.1, 0.15) is 25.1 Å². The number of ether oxygens (including phenoxy) is 1. The second-order valence-electron chi connectivity index (χ2n) is 4.11. The monoisotopic (exact) mass is 246 g/mol. The van der Waals surface area contributed by atoms with Gasteiger partial charge in [0.05, 0.1) is 12.8 Å². The molecule has 4 heteroatoms. The molecule has 0 radical (unpaired) electrons. The van der Waals surface area contributed by atoms with E-state index >= 15 is 0 Å². The summed E-state index contributed by atoms with van der Waals surface area (Å²) in [5, 5.41) is 2.89. The van der Waals surface area contributed by atoms with E-state index in [4.69, 9.17) is 4.74 Å². The fraction of sp³-hybridized carbons (Fsp3) is 0.357. The van der Waals surface area contributed by atoms with Crippen LogP contribution in [0.15, 0.2) is 29.1 Å². The van der Waals surface area contributed by atoms with Crippen LogP contribution in [0.5, 0.6) is 5.75 Å². The van der Waals surface area contributed by atoms with Crippen LogP contribution in [0.3, 0.4) is 0 Å². The summed E-state index contributed by atoms with van der Waals surface area (Å²) in [5.41, 5.74) is 2.87. The first-order chi connectivity index (χ1) is 8.71. The lowest BCUT2D eigenvalue weighted by Gasteiger charge is -2.08. The van der Waals surface area contributed by atoms with Gasteiger partial charge in [-0.3, -0.25) is 14.6 Å². The van der Waals surface area contributed by atoms with Gasteiger partial charge in [-0.2, -0.15) is 0 Å². The Kier molecular flexibility index (Phi) is 3.55. The summed E-state index contributed by atoms with van der Waals surface area (Å²) in [6.07, 6.45) is 1.58. The zero-order valence-electron chi connectivity index (χ0n) is 11.0. The van der Waals surface area contributed by atoms with Gasteiger partial charge in [-0.25, -0.2) is 0 Å². The second-order valence-corrected chi connectivity index (χ2v) is 4.11. The topological polar surface area (TPSA) is 47.0 Å². The Morgan fingerprint density at radius 3 is 2.33 bits per heavy atom. The molecule has 2 rings (SSSR count). The number of hydrogen-bond donors (Lipinski definition) is 1. The van der Waals surface area contributed by atoms with Gasteiger partial charge in [0.2, 0.25) is 0 Å². The van der Waals surface area contributed by atoms with E-state index in [-0.39, 0.29) is 5.56 Å². The lowest BCUT2D eigenvalue weighted by molar-refractivity contribution is 0.414. The highest BCUT2D eigenvalue weighted by Gasteiger charge is 2.12. The molecule has 2 aromatic rings. The van der Waals surface area contributed by atoms with Crippen LogP contribution in [0.4, 0.5) is 0 Å². The first-order valence-electron chi connectivity index (χ1n) is 6.18.